The minimum Gasteiger partial charge on any atom is -0.387 e. The van der Waals surface area contributed by atoms with Crippen molar-refractivity contribution in [3.63, 3.8) is 0 Å². The van der Waals surface area contributed by atoms with Crippen LogP contribution < -0.4 is 5.32 Å². The quantitative estimate of drug-likeness (QED) is 0.874. The zero-order valence-electron chi connectivity index (χ0n) is 8.14. The lowest BCUT2D eigenvalue weighted by atomic mass is 10.1. The summed E-state index contributed by atoms with van der Waals surface area (Å²) in [7, 11) is 1.72. The van der Waals surface area contributed by atoms with Gasteiger partial charge in [-0.3, -0.25) is 0 Å². The van der Waals surface area contributed by atoms with Gasteiger partial charge in [-0.15, -0.1) is 0 Å². The Hall–Kier alpha value is -0.450. The summed E-state index contributed by atoms with van der Waals surface area (Å²) in [6.45, 7) is 2.21. The number of hydrogen-bond donors (Lipinski definition) is 2. The van der Waals surface area contributed by atoms with Crippen LogP contribution in [-0.4, -0.2) is 18.7 Å². The lowest BCUT2D eigenvalue weighted by Gasteiger charge is -2.12. The zero-order chi connectivity index (χ0) is 10.7. The molecule has 0 heterocycles. The van der Waals surface area contributed by atoms with Gasteiger partial charge in [0.1, 0.15) is 5.82 Å². The van der Waals surface area contributed by atoms with E-state index in [1.54, 1.807) is 13.1 Å². The number of benzene rings is 1. The van der Waals surface area contributed by atoms with Gasteiger partial charge in [0, 0.05) is 16.6 Å². The highest BCUT2D eigenvalue weighted by Crippen LogP contribution is 2.24. The number of aliphatic hydroxyl groups excluding tert-OH is 1. The van der Waals surface area contributed by atoms with E-state index in [2.05, 4.69) is 21.2 Å². The molecule has 0 aliphatic carbocycles. The van der Waals surface area contributed by atoms with Crippen LogP contribution in [0.15, 0.2) is 16.6 Å². The van der Waals surface area contributed by atoms with Crippen molar-refractivity contribution in [2.24, 2.45) is 0 Å². The highest BCUT2D eigenvalue weighted by Gasteiger charge is 2.13. The zero-order valence-corrected chi connectivity index (χ0v) is 9.73. The van der Waals surface area contributed by atoms with E-state index >= 15 is 0 Å². The number of halogens is 2. The van der Waals surface area contributed by atoms with Crippen molar-refractivity contribution < 1.29 is 9.50 Å². The normalized spacial score (nSPS) is 12.9. The van der Waals surface area contributed by atoms with Gasteiger partial charge >= 0.3 is 0 Å². The second-order valence-electron chi connectivity index (χ2n) is 3.20. The lowest BCUT2D eigenvalue weighted by Crippen LogP contribution is -2.17. The second-order valence-corrected chi connectivity index (χ2v) is 4.05. The lowest BCUT2D eigenvalue weighted by molar-refractivity contribution is 0.173. The summed E-state index contributed by atoms with van der Waals surface area (Å²) in [5.41, 5.74) is 1.25. The fourth-order valence-corrected chi connectivity index (χ4v) is 1.55. The highest BCUT2D eigenvalue weighted by molar-refractivity contribution is 9.10. The van der Waals surface area contributed by atoms with Crippen LogP contribution in [0.25, 0.3) is 0 Å². The Bertz CT molecular complexity index is 330. The van der Waals surface area contributed by atoms with Gasteiger partial charge in [0.05, 0.1) is 6.10 Å². The Morgan fingerprint density at radius 2 is 2.21 bits per heavy atom. The van der Waals surface area contributed by atoms with Gasteiger partial charge < -0.3 is 10.4 Å². The summed E-state index contributed by atoms with van der Waals surface area (Å²) >= 11 is 3.23. The molecule has 78 valence electrons. The van der Waals surface area contributed by atoms with Gasteiger partial charge in [-0.2, -0.15) is 0 Å². The molecule has 0 saturated carbocycles. The first-order valence-electron chi connectivity index (χ1n) is 4.34. The Morgan fingerprint density at radius 1 is 1.57 bits per heavy atom. The van der Waals surface area contributed by atoms with Crippen LogP contribution in [0.2, 0.25) is 0 Å². The number of aliphatic hydroxyl groups is 1. The number of nitrogens with one attached hydrogen (secondary N) is 1. The Balaban J connectivity index is 3.02. The van der Waals surface area contributed by atoms with E-state index < -0.39 is 6.10 Å². The van der Waals surface area contributed by atoms with E-state index in [-0.39, 0.29) is 5.82 Å². The smallest absolute Gasteiger partial charge is 0.130 e. The predicted octanol–water partition coefficient (Wildman–Crippen LogP) is 2.15. The van der Waals surface area contributed by atoms with Gasteiger partial charge in [0.25, 0.3) is 0 Å². The van der Waals surface area contributed by atoms with Crippen LogP contribution >= 0.6 is 15.9 Å². The molecule has 0 spiro atoms. The van der Waals surface area contributed by atoms with Gasteiger partial charge in [-0.1, -0.05) is 15.9 Å². The van der Waals surface area contributed by atoms with Crippen molar-refractivity contribution in [3.05, 3.63) is 33.5 Å². The van der Waals surface area contributed by atoms with E-state index in [1.165, 1.54) is 6.07 Å². The van der Waals surface area contributed by atoms with Gasteiger partial charge in [-0.05, 0) is 31.7 Å². The third-order valence-corrected chi connectivity index (χ3v) is 2.89. The maximum absolute atomic E-state index is 13.4. The number of likely N-dealkylation sites (N-methyl/N-ethyl adjacent to an activating group) is 1. The molecule has 1 aromatic carbocycles. The molecule has 0 aromatic heterocycles. The van der Waals surface area contributed by atoms with E-state index in [0.29, 0.717) is 12.1 Å². The van der Waals surface area contributed by atoms with Crippen molar-refractivity contribution in [2.45, 2.75) is 13.0 Å². The van der Waals surface area contributed by atoms with Crippen molar-refractivity contribution in [1.82, 2.24) is 5.32 Å². The first kappa shape index (κ1) is 11.6. The van der Waals surface area contributed by atoms with Gasteiger partial charge in [0.15, 0.2) is 0 Å². The Labute approximate surface area is 91.3 Å². The van der Waals surface area contributed by atoms with Crippen LogP contribution in [0, 0.1) is 12.7 Å². The molecule has 4 heteroatoms. The number of rotatable bonds is 3. The third kappa shape index (κ3) is 2.53. The average Bonchev–Trinajstić information content (AvgIpc) is 2.11. The summed E-state index contributed by atoms with van der Waals surface area (Å²) in [5, 5.41) is 12.4. The van der Waals surface area contributed by atoms with Crippen molar-refractivity contribution in [2.75, 3.05) is 13.6 Å². The van der Waals surface area contributed by atoms with E-state index in [4.69, 9.17) is 0 Å². The fourth-order valence-electron chi connectivity index (χ4n) is 1.24. The van der Waals surface area contributed by atoms with E-state index in [1.807, 2.05) is 6.92 Å². The van der Waals surface area contributed by atoms with Gasteiger partial charge in [0.2, 0.25) is 0 Å². The molecule has 1 aromatic rings. The van der Waals surface area contributed by atoms with Crippen molar-refractivity contribution in [3.8, 4) is 0 Å². The molecular weight excluding hydrogens is 249 g/mol. The summed E-state index contributed by atoms with van der Waals surface area (Å²) in [4.78, 5) is 0. The molecule has 14 heavy (non-hydrogen) atoms. The summed E-state index contributed by atoms with van der Waals surface area (Å²) < 4.78 is 14.1. The van der Waals surface area contributed by atoms with Crippen LogP contribution in [0.3, 0.4) is 0 Å². The first-order valence-corrected chi connectivity index (χ1v) is 5.13. The van der Waals surface area contributed by atoms with Gasteiger partial charge in [-0.25, -0.2) is 4.39 Å². The third-order valence-electron chi connectivity index (χ3n) is 2.03. The number of aryl methyl sites for hydroxylation is 1. The SMILES string of the molecule is CNCC(O)c1cc(C)c(Br)cc1F. The fraction of sp³-hybridized carbons (Fsp3) is 0.400. The molecular formula is C10H13BrFNO. The van der Waals surface area contributed by atoms with Crippen LogP contribution in [0.1, 0.15) is 17.2 Å². The second kappa shape index (κ2) is 4.87. The minimum atomic E-state index is -0.799. The molecule has 0 saturated heterocycles. The first-order chi connectivity index (χ1) is 6.56. The minimum absolute atomic E-state index is 0.333. The molecule has 2 nitrogen and oxygen atoms in total. The molecule has 0 radical (unpaired) electrons. The standard InChI is InChI=1S/C10H13BrFNO/c1-6-3-7(10(14)5-13-2)9(12)4-8(6)11/h3-4,10,13-14H,5H2,1-2H3. The molecule has 2 N–H and O–H groups in total. The monoisotopic (exact) mass is 261 g/mol. The Kier molecular flexibility index (Phi) is 4.04. The largest absolute Gasteiger partial charge is 0.387 e. The van der Waals surface area contributed by atoms with E-state index in [0.717, 1.165) is 10.0 Å². The van der Waals surface area contributed by atoms with Crippen LogP contribution in [0.5, 0.6) is 0 Å². The van der Waals surface area contributed by atoms with Crippen LogP contribution in [-0.2, 0) is 0 Å². The topological polar surface area (TPSA) is 32.3 Å². The molecule has 1 rings (SSSR count). The van der Waals surface area contributed by atoms with Crippen molar-refractivity contribution in [1.29, 1.82) is 0 Å². The molecule has 1 unspecified atom stereocenters. The maximum Gasteiger partial charge on any atom is 0.130 e. The van der Waals surface area contributed by atoms with Crippen LogP contribution in [0.4, 0.5) is 4.39 Å². The molecule has 0 aliphatic heterocycles. The molecule has 0 aliphatic rings. The molecule has 1 atom stereocenters. The number of hydrogen-bond acceptors (Lipinski definition) is 2. The molecule has 0 fully saturated rings. The molecule has 0 amide bonds. The van der Waals surface area contributed by atoms with Crippen molar-refractivity contribution >= 4 is 15.9 Å². The maximum atomic E-state index is 13.4. The summed E-state index contributed by atoms with van der Waals surface area (Å²) in [6, 6.07) is 3.03. The Morgan fingerprint density at radius 3 is 2.79 bits per heavy atom. The highest BCUT2D eigenvalue weighted by atomic mass is 79.9. The summed E-state index contributed by atoms with van der Waals surface area (Å²) in [5.74, 6) is -0.384. The predicted molar refractivity (Wildman–Crippen MR) is 57.7 cm³/mol. The summed E-state index contributed by atoms with van der Waals surface area (Å²) in [6.07, 6.45) is -0.799. The average molecular weight is 262 g/mol. The van der Waals surface area contributed by atoms with E-state index in [9.17, 15) is 9.50 Å². The molecule has 0 bridgehead atoms.